The SMILES string of the molecule is C=C(C)CC[C@H](C[C@]12C[C@@H]3[C@H](C=C(C)C)[C@](C(=O)c4ccc(O)c(O)c4)(C1=O)C(=O)[C@](CC=C(C)C)(C2=O)C3(C)C)C(=C)C. The van der Waals surface area contributed by atoms with Crippen LogP contribution in [0.1, 0.15) is 97.9 Å². The minimum absolute atomic E-state index is 0.0485. The summed E-state index contributed by atoms with van der Waals surface area (Å²) in [5.74, 6) is -4.59. The van der Waals surface area contributed by atoms with Gasteiger partial charge in [0.15, 0.2) is 40.0 Å². The molecule has 0 unspecified atom stereocenters. The van der Waals surface area contributed by atoms with Crippen LogP contribution >= 0.6 is 0 Å². The van der Waals surface area contributed by atoms with E-state index < -0.39 is 56.4 Å². The van der Waals surface area contributed by atoms with Crippen LogP contribution in [0.3, 0.4) is 0 Å². The molecule has 0 aliphatic heterocycles. The molecule has 4 aliphatic rings. The Bertz CT molecular complexity index is 1530. The first-order chi connectivity index (χ1) is 20.3. The molecule has 5 rings (SSSR count). The van der Waals surface area contributed by atoms with E-state index in [0.29, 0.717) is 12.8 Å². The molecule has 6 atom stereocenters. The van der Waals surface area contributed by atoms with Crippen molar-refractivity contribution in [1.29, 1.82) is 0 Å². The Kier molecular flexibility index (Phi) is 8.43. The van der Waals surface area contributed by atoms with E-state index in [-0.39, 0.29) is 42.4 Å². The van der Waals surface area contributed by atoms with Gasteiger partial charge in [0.25, 0.3) is 0 Å². The fraction of sp³-hybridized carbons (Fsp3) is 0.526. The smallest absolute Gasteiger partial charge is 0.184 e. The zero-order valence-electron chi connectivity index (χ0n) is 27.6. The molecule has 6 heteroatoms. The fourth-order valence-corrected chi connectivity index (χ4v) is 8.62. The minimum Gasteiger partial charge on any atom is -0.504 e. The third kappa shape index (κ3) is 4.50. The highest BCUT2D eigenvalue weighted by Crippen LogP contribution is 2.75. The molecule has 0 radical (unpaired) electrons. The number of aromatic hydroxyl groups is 2. The molecule has 0 saturated heterocycles. The summed E-state index contributed by atoms with van der Waals surface area (Å²) >= 11 is 0. The van der Waals surface area contributed by atoms with E-state index in [2.05, 4.69) is 13.2 Å². The second-order valence-corrected chi connectivity index (χ2v) is 14.8. The highest BCUT2D eigenvalue weighted by molar-refractivity contribution is 6.42. The van der Waals surface area contributed by atoms with Crippen molar-refractivity contribution in [2.45, 2.75) is 87.5 Å². The van der Waals surface area contributed by atoms with Gasteiger partial charge in [0.2, 0.25) is 0 Å². The summed E-state index contributed by atoms with van der Waals surface area (Å²) in [6.07, 6.45) is 5.66. The number of hydrogen-bond donors (Lipinski definition) is 2. The van der Waals surface area contributed by atoms with Crippen molar-refractivity contribution in [3.63, 3.8) is 0 Å². The Balaban J connectivity index is 2.11. The Morgan fingerprint density at radius 2 is 1.59 bits per heavy atom. The van der Waals surface area contributed by atoms with Crippen LogP contribution in [0.2, 0.25) is 0 Å². The lowest BCUT2D eigenvalue weighted by molar-refractivity contribution is -0.212. The molecule has 0 heterocycles. The van der Waals surface area contributed by atoms with E-state index in [1.54, 1.807) is 0 Å². The summed E-state index contributed by atoms with van der Waals surface area (Å²) in [5.41, 5.74) is -2.59. The molecule has 1 aromatic rings. The number of phenolic OH excluding ortho intramolecular Hbond substituents is 2. The third-order valence-electron chi connectivity index (χ3n) is 11.0. The summed E-state index contributed by atoms with van der Waals surface area (Å²) in [6.45, 7) is 23.6. The standard InChI is InChI=1S/C38H48O6/c1-21(2)11-12-26(24(7)8)19-36-20-28-27(17-23(5)6)38(33(36)43,31(41)25-13-14-29(39)30(40)18-25)34(44)37(32(36)42,35(28,9)10)16-15-22(3)4/h13-15,17-18,26-28,39-40H,1,7,11-12,16,19-20H2,2-6,8-10H3/t26-,27+,28-,36-,37+,38+/m1/s1. The maximum atomic E-state index is 15.3. The minimum atomic E-state index is -2.16. The van der Waals surface area contributed by atoms with Crippen LogP contribution in [0.5, 0.6) is 11.5 Å². The molecule has 0 spiro atoms. The van der Waals surface area contributed by atoms with Crippen molar-refractivity contribution < 1.29 is 29.4 Å². The molecule has 4 bridgehead atoms. The van der Waals surface area contributed by atoms with E-state index in [1.165, 1.54) is 12.1 Å². The number of ketones is 4. The molecule has 6 nitrogen and oxygen atoms in total. The van der Waals surface area contributed by atoms with Crippen LogP contribution in [0.15, 0.2) is 65.8 Å². The van der Waals surface area contributed by atoms with Gasteiger partial charge >= 0.3 is 0 Å². The van der Waals surface area contributed by atoms with Crippen molar-refractivity contribution in [2.24, 2.45) is 39.4 Å². The van der Waals surface area contributed by atoms with Crippen LogP contribution in [0.4, 0.5) is 0 Å². The number of rotatable bonds is 11. The van der Waals surface area contributed by atoms with Crippen molar-refractivity contribution in [2.75, 3.05) is 0 Å². The van der Waals surface area contributed by atoms with Crippen LogP contribution in [0.25, 0.3) is 0 Å². The number of hydrogen-bond acceptors (Lipinski definition) is 6. The van der Waals surface area contributed by atoms with Gasteiger partial charge in [0, 0.05) is 11.5 Å². The second kappa shape index (κ2) is 11.1. The van der Waals surface area contributed by atoms with Gasteiger partial charge in [-0.15, -0.1) is 6.58 Å². The van der Waals surface area contributed by atoms with Crippen molar-refractivity contribution in [3.05, 3.63) is 71.4 Å². The highest BCUT2D eigenvalue weighted by atomic mass is 16.3. The first-order valence-electron chi connectivity index (χ1n) is 15.6. The lowest BCUT2D eigenvalue weighted by Crippen LogP contribution is -2.83. The van der Waals surface area contributed by atoms with Gasteiger partial charge in [-0.2, -0.15) is 0 Å². The van der Waals surface area contributed by atoms with Crippen molar-refractivity contribution >= 4 is 23.1 Å². The second-order valence-electron chi connectivity index (χ2n) is 14.8. The molecule has 236 valence electrons. The van der Waals surface area contributed by atoms with Crippen LogP contribution in [0, 0.1) is 39.4 Å². The van der Waals surface area contributed by atoms with Crippen molar-refractivity contribution in [1.82, 2.24) is 0 Å². The van der Waals surface area contributed by atoms with E-state index in [9.17, 15) is 15.0 Å². The molecule has 4 fully saturated rings. The molecule has 0 amide bonds. The molecule has 44 heavy (non-hydrogen) atoms. The van der Waals surface area contributed by atoms with E-state index in [4.69, 9.17) is 0 Å². The topological polar surface area (TPSA) is 109 Å². The number of Topliss-reactive ketones (excluding diaryl/α,β-unsaturated/α-hetero) is 4. The monoisotopic (exact) mass is 600 g/mol. The zero-order valence-corrected chi connectivity index (χ0v) is 27.6. The maximum absolute atomic E-state index is 15.3. The molecule has 2 N–H and O–H groups in total. The normalized spacial score (nSPS) is 30.6. The summed E-state index contributed by atoms with van der Waals surface area (Å²) in [7, 11) is 0. The van der Waals surface area contributed by atoms with Gasteiger partial charge in [-0.1, -0.05) is 54.9 Å². The lowest BCUT2D eigenvalue weighted by Gasteiger charge is -2.71. The Labute approximate surface area is 262 Å². The molecular weight excluding hydrogens is 552 g/mol. The average Bonchev–Trinajstić information content (AvgIpc) is 2.91. The predicted molar refractivity (Wildman–Crippen MR) is 172 cm³/mol. The van der Waals surface area contributed by atoms with Gasteiger partial charge in [0.1, 0.15) is 0 Å². The Morgan fingerprint density at radius 3 is 2.11 bits per heavy atom. The van der Waals surface area contributed by atoms with Crippen LogP contribution in [-0.2, 0) is 14.4 Å². The molecule has 0 aromatic heterocycles. The summed E-state index contributed by atoms with van der Waals surface area (Å²) < 4.78 is 0. The summed E-state index contributed by atoms with van der Waals surface area (Å²) in [6, 6.07) is 3.64. The molecular formula is C38H48O6. The first kappa shape index (κ1) is 33.4. The summed E-state index contributed by atoms with van der Waals surface area (Å²) in [5, 5.41) is 20.4. The van der Waals surface area contributed by atoms with Crippen LogP contribution in [-0.4, -0.2) is 33.3 Å². The van der Waals surface area contributed by atoms with Gasteiger partial charge < -0.3 is 10.2 Å². The summed E-state index contributed by atoms with van der Waals surface area (Å²) in [4.78, 5) is 60.8. The largest absolute Gasteiger partial charge is 0.504 e. The Hall–Kier alpha value is -3.54. The fourth-order valence-electron chi connectivity index (χ4n) is 8.62. The van der Waals surface area contributed by atoms with Crippen molar-refractivity contribution in [3.8, 4) is 11.5 Å². The number of phenols is 2. The molecule has 4 aliphatic carbocycles. The van der Waals surface area contributed by atoms with E-state index >= 15 is 14.4 Å². The van der Waals surface area contributed by atoms with Gasteiger partial charge in [-0.05, 0) is 109 Å². The zero-order chi connectivity index (χ0) is 33.2. The number of benzene rings is 1. The molecule has 1 aromatic carbocycles. The lowest BCUT2D eigenvalue weighted by atomic mass is 9.26. The average molecular weight is 601 g/mol. The maximum Gasteiger partial charge on any atom is 0.184 e. The highest BCUT2D eigenvalue weighted by Gasteiger charge is 2.86. The first-order valence-corrected chi connectivity index (χ1v) is 15.6. The number of allylic oxidation sites excluding steroid dienone is 6. The van der Waals surface area contributed by atoms with Gasteiger partial charge in [-0.3, -0.25) is 19.2 Å². The van der Waals surface area contributed by atoms with E-state index in [0.717, 1.165) is 28.4 Å². The number of carbonyl (C=O) groups is 4. The van der Waals surface area contributed by atoms with Gasteiger partial charge in [-0.25, -0.2) is 0 Å². The van der Waals surface area contributed by atoms with Crippen LogP contribution < -0.4 is 0 Å². The number of carbonyl (C=O) groups excluding carboxylic acids is 4. The van der Waals surface area contributed by atoms with Gasteiger partial charge in [0.05, 0.1) is 10.8 Å². The Morgan fingerprint density at radius 1 is 0.955 bits per heavy atom. The molecule has 4 saturated carbocycles. The predicted octanol–water partition coefficient (Wildman–Crippen LogP) is 7.90. The van der Waals surface area contributed by atoms with E-state index in [1.807, 2.05) is 67.5 Å². The third-order valence-corrected chi connectivity index (χ3v) is 11.0. The quantitative estimate of drug-likeness (QED) is 0.116.